The normalized spacial score (nSPS) is 18.4. The Bertz CT molecular complexity index is 1360. The number of anilines is 1. The van der Waals surface area contributed by atoms with Gasteiger partial charge in [-0.25, -0.2) is 23.1 Å². The van der Waals surface area contributed by atoms with Gasteiger partial charge in [-0.3, -0.25) is 14.3 Å². The number of halogens is 3. The topological polar surface area (TPSA) is 72.3 Å². The number of fused-ring (bicyclic) bond motifs is 1. The van der Waals surface area contributed by atoms with Gasteiger partial charge >= 0.3 is 0 Å². The van der Waals surface area contributed by atoms with Crippen LogP contribution in [0.4, 0.5) is 19.0 Å². The molecular weight excluding hydrogens is 471 g/mol. The van der Waals surface area contributed by atoms with E-state index < -0.39 is 23.4 Å². The molecule has 0 spiro atoms. The largest absolute Gasteiger partial charge is 0.379 e. The summed E-state index contributed by atoms with van der Waals surface area (Å²) in [6.07, 6.45) is 4.07. The van der Waals surface area contributed by atoms with E-state index in [9.17, 15) is 18.0 Å². The number of morpholine rings is 1. The minimum Gasteiger partial charge on any atom is -0.379 e. The first-order valence-corrected chi connectivity index (χ1v) is 11.9. The number of aromatic nitrogens is 3. The summed E-state index contributed by atoms with van der Waals surface area (Å²) >= 11 is 0. The maximum atomic E-state index is 13.9. The van der Waals surface area contributed by atoms with Gasteiger partial charge in [0.2, 0.25) is 0 Å². The number of pyridine rings is 1. The van der Waals surface area contributed by atoms with Gasteiger partial charge in [-0.1, -0.05) is 12.2 Å². The van der Waals surface area contributed by atoms with Crippen LogP contribution in [-0.4, -0.2) is 65.0 Å². The van der Waals surface area contributed by atoms with Crippen LogP contribution in [-0.2, 0) is 11.3 Å². The van der Waals surface area contributed by atoms with E-state index in [4.69, 9.17) is 4.74 Å². The van der Waals surface area contributed by atoms with Crippen molar-refractivity contribution in [2.75, 3.05) is 44.7 Å². The van der Waals surface area contributed by atoms with Crippen LogP contribution in [0.25, 0.3) is 16.7 Å². The molecule has 0 bridgehead atoms. The molecule has 2 aliphatic rings. The molecule has 0 radical (unpaired) electrons. The highest BCUT2D eigenvalue weighted by molar-refractivity contribution is 5.79. The maximum absolute atomic E-state index is 13.9. The molecule has 10 heteroatoms. The average molecular weight is 498 g/mol. The van der Waals surface area contributed by atoms with E-state index in [-0.39, 0.29) is 30.0 Å². The van der Waals surface area contributed by atoms with E-state index in [1.165, 1.54) is 22.8 Å². The van der Waals surface area contributed by atoms with Gasteiger partial charge in [0.1, 0.15) is 23.3 Å². The SMILES string of the molecule is O=c1c(NCCN2CCOCC2)nc2ccc(C3=CCC(F)C=C3)nc2n1Cc1cc(F)cc(F)c1. The molecule has 36 heavy (non-hydrogen) atoms. The Morgan fingerprint density at radius 2 is 1.86 bits per heavy atom. The number of nitrogens with one attached hydrogen (secondary N) is 1. The lowest BCUT2D eigenvalue weighted by Gasteiger charge is -2.26. The Balaban J connectivity index is 1.51. The van der Waals surface area contributed by atoms with Gasteiger partial charge in [-0.05, 0) is 41.5 Å². The third kappa shape index (κ3) is 5.50. The van der Waals surface area contributed by atoms with Crippen LogP contribution >= 0.6 is 0 Å². The van der Waals surface area contributed by atoms with Gasteiger partial charge in [0.15, 0.2) is 11.5 Å². The molecule has 1 unspecified atom stereocenters. The number of hydrogen-bond donors (Lipinski definition) is 1. The average Bonchev–Trinajstić information content (AvgIpc) is 2.87. The molecule has 3 aromatic rings. The molecule has 3 heterocycles. The summed E-state index contributed by atoms with van der Waals surface area (Å²) in [6, 6.07) is 6.66. The summed E-state index contributed by atoms with van der Waals surface area (Å²) in [7, 11) is 0. The zero-order chi connectivity index (χ0) is 25.1. The number of alkyl halides is 1. The van der Waals surface area contributed by atoms with E-state index in [1.807, 2.05) is 0 Å². The third-order valence-corrected chi connectivity index (χ3v) is 6.22. The maximum Gasteiger partial charge on any atom is 0.295 e. The first-order chi connectivity index (χ1) is 17.5. The highest BCUT2D eigenvalue weighted by atomic mass is 19.1. The van der Waals surface area contributed by atoms with Crippen molar-refractivity contribution in [1.29, 1.82) is 0 Å². The minimum absolute atomic E-state index is 0.0947. The molecule has 1 atom stereocenters. The second-order valence-electron chi connectivity index (χ2n) is 8.82. The summed E-state index contributed by atoms with van der Waals surface area (Å²) in [5, 5.41) is 3.12. The predicted molar refractivity (Wildman–Crippen MR) is 132 cm³/mol. The van der Waals surface area contributed by atoms with Crippen LogP contribution in [0.5, 0.6) is 0 Å². The highest BCUT2D eigenvalue weighted by Gasteiger charge is 2.17. The van der Waals surface area contributed by atoms with Gasteiger partial charge in [0.05, 0.1) is 25.5 Å². The lowest BCUT2D eigenvalue weighted by atomic mass is 10.0. The minimum atomic E-state index is -1.04. The summed E-state index contributed by atoms with van der Waals surface area (Å²) in [5.74, 6) is -1.32. The summed E-state index contributed by atoms with van der Waals surface area (Å²) in [4.78, 5) is 24.8. The van der Waals surface area contributed by atoms with Crippen LogP contribution < -0.4 is 10.9 Å². The molecule has 1 aliphatic heterocycles. The fourth-order valence-corrected chi connectivity index (χ4v) is 4.37. The van der Waals surface area contributed by atoms with Crippen molar-refractivity contribution in [3.63, 3.8) is 0 Å². The van der Waals surface area contributed by atoms with Crippen LogP contribution in [0.3, 0.4) is 0 Å². The number of hydrogen-bond acceptors (Lipinski definition) is 6. The first-order valence-electron chi connectivity index (χ1n) is 11.9. The van der Waals surface area contributed by atoms with E-state index in [1.54, 1.807) is 24.3 Å². The zero-order valence-electron chi connectivity index (χ0n) is 19.6. The van der Waals surface area contributed by atoms with Crippen molar-refractivity contribution in [2.45, 2.75) is 19.1 Å². The van der Waals surface area contributed by atoms with E-state index >= 15 is 0 Å². The predicted octanol–water partition coefficient (Wildman–Crippen LogP) is 3.54. The number of allylic oxidation sites excluding steroid dienone is 4. The molecule has 1 saturated heterocycles. The molecule has 1 aromatic carbocycles. The van der Waals surface area contributed by atoms with Gasteiger partial charge in [0, 0.05) is 38.7 Å². The van der Waals surface area contributed by atoms with E-state index in [0.29, 0.717) is 37.5 Å². The Labute approximate surface area is 205 Å². The van der Waals surface area contributed by atoms with Crippen molar-refractivity contribution in [3.05, 3.63) is 81.8 Å². The molecule has 0 saturated carbocycles. The number of rotatable bonds is 7. The fourth-order valence-electron chi connectivity index (χ4n) is 4.37. The molecule has 5 rings (SSSR count). The van der Waals surface area contributed by atoms with E-state index in [0.717, 1.165) is 24.7 Å². The summed E-state index contributed by atoms with van der Waals surface area (Å²) < 4.78 is 48.0. The number of nitrogens with zero attached hydrogens (tertiary/aromatic N) is 4. The van der Waals surface area contributed by atoms with Crippen molar-refractivity contribution in [2.24, 2.45) is 0 Å². The van der Waals surface area contributed by atoms with Crippen LogP contribution in [0.15, 0.2) is 53.4 Å². The van der Waals surface area contributed by atoms with Gasteiger partial charge in [-0.15, -0.1) is 0 Å². The molecule has 1 N–H and O–H groups in total. The van der Waals surface area contributed by atoms with Gasteiger partial charge < -0.3 is 10.1 Å². The van der Waals surface area contributed by atoms with Crippen molar-refractivity contribution in [1.82, 2.24) is 19.4 Å². The third-order valence-electron chi connectivity index (χ3n) is 6.22. The standard InChI is InChI=1S/C26H26F3N5O2/c27-19-3-1-18(2-4-19)22-5-6-23-25(32-22)34(16-17-13-20(28)15-21(29)14-17)26(35)24(31-23)30-7-8-33-9-11-36-12-10-33/h1-3,5-6,13-15,19H,4,7-12,16H2,(H,30,31). The molecule has 2 aromatic heterocycles. The van der Waals surface area contributed by atoms with Crippen LogP contribution in [0, 0.1) is 11.6 Å². The second kappa shape index (κ2) is 10.6. The first kappa shape index (κ1) is 24.2. The Morgan fingerprint density at radius 1 is 1.08 bits per heavy atom. The smallest absolute Gasteiger partial charge is 0.295 e. The van der Waals surface area contributed by atoms with Crippen molar-refractivity contribution >= 4 is 22.6 Å². The number of benzene rings is 1. The van der Waals surface area contributed by atoms with Crippen molar-refractivity contribution in [3.8, 4) is 0 Å². The Hall–Kier alpha value is -3.50. The number of ether oxygens (including phenoxy) is 1. The van der Waals surface area contributed by atoms with Crippen LogP contribution in [0.1, 0.15) is 17.7 Å². The van der Waals surface area contributed by atoms with Gasteiger partial charge in [-0.2, -0.15) is 0 Å². The Morgan fingerprint density at radius 3 is 2.58 bits per heavy atom. The lowest BCUT2D eigenvalue weighted by Crippen LogP contribution is -2.39. The molecule has 0 amide bonds. The van der Waals surface area contributed by atoms with E-state index in [2.05, 4.69) is 20.2 Å². The summed E-state index contributed by atoms with van der Waals surface area (Å²) in [6.45, 7) is 4.11. The molecular formula is C26H26F3N5O2. The zero-order valence-corrected chi connectivity index (χ0v) is 19.6. The second-order valence-corrected chi connectivity index (χ2v) is 8.82. The molecule has 1 fully saturated rings. The van der Waals surface area contributed by atoms with Gasteiger partial charge in [0.25, 0.3) is 5.56 Å². The summed E-state index contributed by atoms with van der Waals surface area (Å²) in [5.41, 5.74) is 1.85. The Kier molecular flexibility index (Phi) is 7.15. The molecule has 1 aliphatic carbocycles. The molecule has 188 valence electrons. The molecule has 7 nitrogen and oxygen atoms in total. The van der Waals surface area contributed by atoms with Crippen LogP contribution in [0.2, 0.25) is 0 Å². The lowest BCUT2D eigenvalue weighted by molar-refractivity contribution is 0.0398. The monoisotopic (exact) mass is 497 g/mol. The quantitative estimate of drug-likeness (QED) is 0.539. The van der Waals surface area contributed by atoms with Crippen molar-refractivity contribution < 1.29 is 17.9 Å². The highest BCUT2D eigenvalue weighted by Crippen LogP contribution is 2.23. The fraction of sp³-hybridized carbons (Fsp3) is 0.346.